The molecule has 0 saturated carbocycles. The van der Waals surface area contributed by atoms with Gasteiger partial charge in [0.15, 0.2) is 0 Å². The van der Waals surface area contributed by atoms with Gasteiger partial charge in [0, 0.05) is 18.0 Å². The number of aromatic nitrogens is 1. The summed E-state index contributed by atoms with van der Waals surface area (Å²) < 4.78 is 86.8. The summed E-state index contributed by atoms with van der Waals surface area (Å²) in [5.41, 5.74) is 2.50. The minimum absolute atomic E-state index is 0.00729. The van der Waals surface area contributed by atoms with Gasteiger partial charge in [-0.2, -0.15) is 0 Å². The van der Waals surface area contributed by atoms with Crippen molar-refractivity contribution in [2.24, 2.45) is 0 Å². The molecular weight excluding hydrogens is 482 g/mol. The molecule has 40 heavy (non-hydrogen) atoms. The fourth-order valence-electron chi connectivity index (χ4n) is 5.82. The van der Waals surface area contributed by atoms with Crippen molar-refractivity contribution < 1.29 is 13.7 Å². The van der Waals surface area contributed by atoms with Crippen molar-refractivity contribution in [2.75, 3.05) is 0 Å². The van der Waals surface area contributed by atoms with E-state index in [9.17, 15) is 0 Å². The van der Waals surface area contributed by atoms with E-state index in [-0.39, 0.29) is 35.3 Å². The van der Waals surface area contributed by atoms with E-state index in [0.29, 0.717) is 32.7 Å². The SMILES string of the molecule is [2H]c1c([2H])c([2H])c(-c2c3ccccc3c(-c3c([2H])c([2H])c([2H])c([2H])c3[2H])c3cc4c(cc23)c(-c2cccnc2)cc2ccccc24)c([2H])c1[2H]. The lowest BCUT2D eigenvalue weighted by molar-refractivity contribution is 1.33. The van der Waals surface area contributed by atoms with Crippen LogP contribution in [-0.4, -0.2) is 4.98 Å². The van der Waals surface area contributed by atoms with Gasteiger partial charge in [-0.1, -0.05) is 115 Å². The van der Waals surface area contributed by atoms with Gasteiger partial charge in [0.05, 0.1) is 13.7 Å². The molecule has 1 heteroatoms. The Morgan fingerprint density at radius 1 is 0.450 bits per heavy atom. The Bertz CT molecular complexity index is 2700. The maximum atomic E-state index is 9.03. The lowest BCUT2D eigenvalue weighted by atomic mass is 9.83. The predicted molar refractivity (Wildman–Crippen MR) is 171 cm³/mol. The Morgan fingerprint density at radius 2 is 1.02 bits per heavy atom. The topological polar surface area (TPSA) is 12.9 Å². The fraction of sp³-hybridized carbons (Fsp3) is 0. The van der Waals surface area contributed by atoms with Gasteiger partial charge in [-0.05, 0) is 95.2 Å². The molecule has 0 radical (unpaired) electrons. The molecule has 0 N–H and O–H groups in total. The van der Waals surface area contributed by atoms with Crippen molar-refractivity contribution in [2.45, 2.75) is 0 Å². The zero-order chi connectivity index (χ0) is 35.2. The summed E-state index contributed by atoms with van der Waals surface area (Å²) in [6, 6.07) is 20.3. The highest BCUT2D eigenvalue weighted by atomic mass is 14.6. The van der Waals surface area contributed by atoms with Gasteiger partial charge >= 0.3 is 0 Å². The number of pyridine rings is 1. The average molecular weight is 518 g/mol. The smallest absolute Gasteiger partial charge is 0.0629 e. The van der Waals surface area contributed by atoms with Crippen LogP contribution in [0, 0.1) is 0 Å². The lowest BCUT2D eigenvalue weighted by Crippen LogP contribution is -1.93. The number of hydrogen-bond donors (Lipinski definition) is 0. The van der Waals surface area contributed by atoms with Gasteiger partial charge in [0.1, 0.15) is 0 Å². The van der Waals surface area contributed by atoms with E-state index in [1.165, 1.54) is 0 Å². The summed E-state index contributed by atoms with van der Waals surface area (Å²) in [6.45, 7) is 0. The molecule has 0 amide bonds. The molecule has 7 aromatic carbocycles. The number of rotatable bonds is 3. The zero-order valence-electron chi connectivity index (χ0n) is 31.1. The minimum Gasteiger partial charge on any atom is -0.264 e. The molecular formula is C39H25N. The minimum atomic E-state index is -0.510. The Kier molecular flexibility index (Phi) is 3.39. The third-order valence-electron chi connectivity index (χ3n) is 7.48. The molecule has 1 nitrogen and oxygen atoms in total. The van der Waals surface area contributed by atoms with Gasteiger partial charge in [-0.25, -0.2) is 0 Å². The molecule has 0 aliphatic heterocycles. The molecule has 0 fully saturated rings. The molecule has 8 rings (SSSR count). The van der Waals surface area contributed by atoms with Gasteiger partial charge in [-0.15, -0.1) is 0 Å². The van der Waals surface area contributed by atoms with Crippen LogP contribution in [0.15, 0.2) is 152 Å². The summed E-state index contributed by atoms with van der Waals surface area (Å²) >= 11 is 0. The molecule has 0 unspecified atom stereocenters. The van der Waals surface area contributed by atoms with Gasteiger partial charge in [0.2, 0.25) is 0 Å². The van der Waals surface area contributed by atoms with E-state index in [2.05, 4.69) is 11.1 Å². The molecule has 186 valence electrons. The first-order chi connectivity index (χ1) is 24.0. The Hall–Kier alpha value is -5.27. The van der Waals surface area contributed by atoms with Gasteiger partial charge in [-0.3, -0.25) is 4.98 Å². The van der Waals surface area contributed by atoms with Crippen LogP contribution in [0.3, 0.4) is 0 Å². The van der Waals surface area contributed by atoms with E-state index in [1.54, 1.807) is 36.7 Å². The molecule has 0 spiro atoms. The van der Waals surface area contributed by atoms with Crippen LogP contribution in [0.25, 0.3) is 76.5 Å². The largest absolute Gasteiger partial charge is 0.264 e. The van der Waals surface area contributed by atoms with Crippen molar-refractivity contribution in [3.63, 3.8) is 0 Å². The third-order valence-corrected chi connectivity index (χ3v) is 7.48. The van der Waals surface area contributed by atoms with Crippen molar-refractivity contribution in [1.82, 2.24) is 4.98 Å². The predicted octanol–water partition coefficient (Wildman–Crippen LogP) is 10.7. The number of nitrogens with zero attached hydrogens (tertiary/aromatic N) is 1. The molecule has 0 aliphatic rings. The molecule has 0 saturated heterocycles. The lowest BCUT2D eigenvalue weighted by Gasteiger charge is -2.20. The Morgan fingerprint density at radius 3 is 1.62 bits per heavy atom. The van der Waals surface area contributed by atoms with Gasteiger partial charge in [0.25, 0.3) is 0 Å². The number of benzene rings is 7. The molecule has 1 heterocycles. The van der Waals surface area contributed by atoms with E-state index < -0.39 is 36.3 Å². The summed E-state index contributed by atoms with van der Waals surface area (Å²) in [5.74, 6) is 0. The first-order valence-corrected chi connectivity index (χ1v) is 12.9. The van der Waals surface area contributed by atoms with E-state index in [4.69, 9.17) is 13.7 Å². The first kappa shape index (κ1) is 14.8. The van der Waals surface area contributed by atoms with Crippen LogP contribution in [0.5, 0.6) is 0 Å². The highest BCUT2D eigenvalue weighted by Crippen LogP contribution is 2.47. The second-order valence-electron chi connectivity index (χ2n) is 9.63. The molecule has 1 aromatic heterocycles. The zero-order valence-corrected chi connectivity index (χ0v) is 21.1. The monoisotopic (exact) mass is 517 g/mol. The van der Waals surface area contributed by atoms with E-state index in [0.717, 1.165) is 32.7 Å². The average Bonchev–Trinajstić information content (AvgIpc) is 3.14. The number of fused-ring (bicyclic) bond motifs is 5. The van der Waals surface area contributed by atoms with Crippen molar-refractivity contribution in [3.05, 3.63) is 152 Å². The molecule has 8 aromatic rings. The van der Waals surface area contributed by atoms with Crippen LogP contribution in [0.1, 0.15) is 13.7 Å². The van der Waals surface area contributed by atoms with E-state index >= 15 is 0 Å². The summed E-state index contributed by atoms with van der Waals surface area (Å²) in [7, 11) is 0. The summed E-state index contributed by atoms with van der Waals surface area (Å²) in [6.07, 6.45) is 3.46. The van der Waals surface area contributed by atoms with Crippen LogP contribution in [0.2, 0.25) is 0 Å². The van der Waals surface area contributed by atoms with Gasteiger partial charge < -0.3 is 0 Å². The van der Waals surface area contributed by atoms with Crippen molar-refractivity contribution in [1.29, 1.82) is 0 Å². The van der Waals surface area contributed by atoms with E-state index in [1.807, 2.05) is 48.5 Å². The normalized spacial score (nSPS) is 15.0. The van der Waals surface area contributed by atoms with Crippen LogP contribution >= 0.6 is 0 Å². The van der Waals surface area contributed by atoms with Crippen LogP contribution < -0.4 is 0 Å². The van der Waals surface area contributed by atoms with Crippen LogP contribution in [-0.2, 0) is 0 Å². The fourth-order valence-corrected chi connectivity index (χ4v) is 5.82. The molecule has 0 atom stereocenters. The highest BCUT2D eigenvalue weighted by molar-refractivity contribution is 6.26. The quantitative estimate of drug-likeness (QED) is 0.168. The summed E-state index contributed by atoms with van der Waals surface area (Å²) in [5, 5.41) is 5.51. The standard InChI is InChI=1S/C39H25N/c1-3-12-26(13-4-1)38-31-19-9-10-20-32(31)39(27-14-5-2-6-15-27)37-24-35-33(29-17-11-21-40-25-29)22-28-16-7-8-18-30(28)34(35)23-36(37)38/h1-25H/i1D,2D,3D,4D,5D,6D,12D,13D,14D,15D. The number of hydrogen-bond acceptors (Lipinski definition) is 1. The second-order valence-corrected chi connectivity index (χ2v) is 9.63. The first-order valence-electron chi connectivity index (χ1n) is 17.9. The van der Waals surface area contributed by atoms with Crippen molar-refractivity contribution in [3.8, 4) is 33.4 Å². The van der Waals surface area contributed by atoms with Crippen LogP contribution in [0.4, 0.5) is 0 Å². The maximum Gasteiger partial charge on any atom is 0.0629 e. The summed E-state index contributed by atoms with van der Waals surface area (Å²) in [4.78, 5) is 4.36. The highest BCUT2D eigenvalue weighted by Gasteiger charge is 2.19. The van der Waals surface area contributed by atoms with Crippen molar-refractivity contribution >= 4 is 43.1 Å². The Balaban J connectivity index is 1.71. The maximum absolute atomic E-state index is 9.03. The Labute approximate surface area is 247 Å². The molecule has 0 bridgehead atoms. The molecule has 0 aliphatic carbocycles. The third kappa shape index (κ3) is 3.52. The second kappa shape index (κ2) is 9.18.